The number of carbonyl (C=O) groups is 1. The zero-order valence-corrected chi connectivity index (χ0v) is 15.9. The Bertz CT molecular complexity index is 894. The van der Waals surface area contributed by atoms with Gasteiger partial charge in [-0.1, -0.05) is 6.07 Å². The fourth-order valence-corrected chi connectivity index (χ4v) is 3.47. The van der Waals surface area contributed by atoms with Crippen molar-refractivity contribution in [1.29, 1.82) is 0 Å². The number of nitrogens with one attached hydrogen (secondary N) is 1. The van der Waals surface area contributed by atoms with Crippen molar-refractivity contribution in [3.05, 3.63) is 58.1 Å². The van der Waals surface area contributed by atoms with Gasteiger partial charge in [-0.2, -0.15) is 0 Å². The lowest BCUT2D eigenvalue weighted by molar-refractivity contribution is -0.384. The number of fused-ring (bicyclic) bond motifs is 1. The van der Waals surface area contributed by atoms with Crippen LogP contribution in [-0.4, -0.2) is 60.1 Å². The van der Waals surface area contributed by atoms with Gasteiger partial charge in [0, 0.05) is 50.5 Å². The highest BCUT2D eigenvalue weighted by Crippen LogP contribution is 2.32. The molecule has 29 heavy (non-hydrogen) atoms. The van der Waals surface area contributed by atoms with Crippen molar-refractivity contribution in [3.8, 4) is 11.5 Å². The largest absolute Gasteiger partial charge is 0.454 e. The van der Waals surface area contributed by atoms with E-state index in [-0.39, 0.29) is 18.4 Å². The number of anilines is 1. The van der Waals surface area contributed by atoms with E-state index in [4.69, 9.17) is 9.47 Å². The summed E-state index contributed by atoms with van der Waals surface area (Å²) in [5.41, 5.74) is 1.74. The molecule has 0 bridgehead atoms. The van der Waals surface area contributed by atoms with Crippen LogP contribution in [0.1, 0.15) is 5.56 Å². The lowest BCUT2D eigenvalue weighted by Crippen LogP contribution is -2.48. The second kappa shape index (κ2) is 8.46. The molecule has 2 aliphatic heterocycles. The maximum absolute atomic E-state index is 12.3. The maximum atomic E-state index is 12.3. The standard InChI is InChI=1S/C20H22N4O5/c25-20(21-16-2-4-17(5-3-16)24(26)27)13-23-9-7-22(8-10-23)12-15-1-6-18-19(11-15)29-14-28-18/h1-6,11H,7-10,12-14H2,(H,21,25). The number of nitro benzene ring substituents is 1. The third-order valence-corrected chi connectivity index (χ3v) is 5.04. The van der Waals surface area contributed by atoms with Crippen LogP contribution in [0.25, 0.3) is 0 Å². The Balaban J connectivity index is 1.22. The molecule has 1 N–H and O–H groups in total. The fraction of sp³-hybridized carbons (Fsp3) is 0.350. The predicted octanol–water partition coefficient (Wildman–Crippen LogP) is 2.08. The third kappa shape index (κ3) is 4.82. The fourth-order valence-electron chi connectivity index (χ4n) is 3.47. The molecular weight excluding hydrogens is 376 g/mol. The van der Waals surface area contributed by atoms with E-state index >= 15 is 0 Å². The summed E-state index contributed by atoms with van der Waals surface area (Å²) in [7, 11) is 0. The molecule has 2 heterocycles. The van der Waals surface area contributed by atoms with Crippen LogP contribution in [0.15, 0.2) is 42.5 Å². The first-order valence-electron chi connectivity index (χ1n) is 9.44. The summed E-state index contributed by atoms with van der Waals surface area (Å²) in [6.45, 7) is 4.77. The lowest BCUT2D eigenvalue weighted by Gasteiger charge is -2.34. The molecule has 0 aliphatic carbocycles. The van der Waals surface area contributed by atoms with Gasteiger partial charge >= 0.3 is 0 Å². The van der Waals surface area contributed by atoms with Crippen molar-refractivity contribution < 1.29 is 19.2 Å². The number of carbonyl (C=O) groups excluding carboxylic acids is 1. The maximum Gasteiger partial charge on any atom is 0.269 e. The number of amides is 1. The lowest BCUT2D eigenvalue weighted by atomic mass is 10.1. The van der Waals surface area contributed by atoms with E-state index in [1.54, 1.807) is 12.1 Å². The Kier molecular flexibility index (Phi) is 5.59. The van der Waals surface area contributed by atoms with Gasteiger partial charge in [-0.3, -0.25) is 24.7 Å². The molecule has 2 aromatic carbocycles. The van der Waals surface area contributed by atoms with Crippen LogP contribution in [0.2, 0.25) is 0 Å². The molecule has 0 spiro atoms. The highest BCUT2D eigenvalue weighted by atomic mass is 16.7. The first-order chi connectivity index (χ1) is 14.1. The molecule has 0 radical (unpaired) electrons. The summed E-state index contributed by atoms with van der Waals surface area (Å²) in [5, 5.41) is 13.5. The Hall–Kier alpha value is -3.17. The summed E-state index contributed by atoms with van der Waals surface area (Å²) in [6.07, 6.45) is 0. The zero-order chi connectivity index (χ0) is 20.2. The monoisotopic (exact) mass is 398 g/mol. The van der Waals surface area contributed by atoms with E-state index in [1.807, 2.05) is 12.1 Å². The van der Waals surface area contributed by atoms with E-state index in [2.05, 4.69) is 21.2 Å². The van der Waals surface area contributed by atoms with Gasteiger partial charge in [0.15, 0.2) is 11.5 Å². The summed E-state index contributed by atoms with van der Waals surface area (Å²) >= 11 is 0. The number of non-ortho nitro benzene ring substituents is 1. The topological polar surface area (TPSA) is 97.2 Å². The first-order valence-corrected chi connectivity index (χ1v) is 9.44. The molecule has 4 rings (SSSR count). The molecule has 0 atom stereocenters. The zero-order valence-electron chi connectivity index (χ0n) is 15.9. The number of nitro groups is 1. The van der Waals surface area contributed by atoms with Crippen LogP contribution in [0.3, 0.4) is 0 Å². The molecule has 0 aromatic heterocycles. The van der Waals surface area contributed by atoms with E-state index in [9.17, 15) is 14.9 Å². The van der Waals surface area contributed by atoms with Crippen molar-refractivity contribution in [2.45, 2.75) is 6.54 Å². The SMILES string of the molecule is O=C(CN1CCN(Cc2ccc3c(c2)OCO3)CC1)Nc1ccc([N+](=O)[O-])cc1. The Morgan fingerprint density at radius 3 is 2.41 bits per heavy atom. The molecule has 1 fully saturated rings. The Labute approximate surface area is 168 Å². The number of piperazine rings is 1. The van der Waals surface area contributed by atoms with E-state index in [0.29, 0.717) is 12.2 Å². The van der Waals surface area contributed by atoms with Gasteiger partial charge in [-0.15, -0.1) is 0 Å². The van der Waals surface area contributed by atoms with Crippen LogP contribution < -0.4 is 14.8 Å². The van der Waals surface area contributed by atoms with Gasteiger partial charge in [0.05, 0.1) is 11.5 Å². The van der Waals surface area contributed by atoms with Crippen LogP contribution in [0.4, 0.5) is 11.4 Å². The predicted molar refractivity (Wildman–Crippen MR) is 106 cm³/mol. The van der Waals surface area contributed by atoms with Gasteiger partial charge in [-0.25, -0.2) is 0 Å². The molecule has 9 heteroatoms. The molecule has 2 aliphatic rings. The minimum absolute atomic E-state index is 0.00146. The van der Waals surface area contributed by atoms with Crippen LogP contribution in [0, 0.1) is 10.1 Å². The van der Waals surface area contributed by atoms with Gasteiger partial charge in [-0.05, 0) is 29.8 Å². The van der Waals surface area contributed by atoms with Gasteiger partial charge in [0.2, 0.25) is 12.7 Å². The number of ether oxygens (including phenoxy) is 2. The smallest absolute Gasteiger partial charge is 0.269 e. The van der Waals surface area contributed by atoms with Crippen LogP contribution >= 0.6 is 0 Å². The summed E-state index contributed by atoms with van der Waals surface area (Å²) in [4.78, 5) is 26.9. The Morgan fingerprint density at radius 2 is 1.69 bits per heavy atom. The summed E-state index contributed by atoms with van der Waals surface area (Å²) < 4.78 is 10.8. The van der Waals surface area contributed by atoms with Crippen molar-refractivity contribution in [1.82, 2.24) is 9.80 Å². The Morgan fingerprint density at radius 1 is 1.00 bits per heavy atom. The van der Waals surface area contributed by atoms with Crippen molar-refractivity contribution >= 4 is 17.3 Å². The third-order valence-electron chi connectivity index (χ3n) is 5.04. The molecular formula is C20H22N4O5. The van der Waals surface area contributed by atoms with Crippen molar-refractivity contribution in [2.75, 3.05) is 44.8 Å². The summed E-state index contributed by atoms with van der Waals surface area (Å²) in [5.74, 6) is 1.46. The molecule has 1 saturated heterocycles. The van der Waals surface area contributed by atoms with E-state index in [1.165, 1.54) is 17.7 Å². The second-order valence-electron chi connectivity index (χ2n) is 7.09. The molecule has 152 valence electrons. The average Bonchev–Trinajstić information content (AvgIpc) is 3.18. The summed E-state index contributed by atoms with van der Waals surface area (Å²) in [6, 6.07) is 11.9. The number of hydrogen-bond acceptors (Lipinski definition) is 7. The van der Waals surface area contributed by atoms with Gasteiger partial charge in [0.25, 0.3) is 5.69 Å². The van der Waals surface area contributed by atoms with Gasteiger partial charge in [0.1, 0.15) is 0 Å². The number of nitrogens with zero attached hydrogens (tertiary/aromatic N) is 3. The molecule has 0 saturated carbocycles. The number of rotatable bonds is 6. The second-order valence-corrected chi connectivity index (χ2v) is 7.09. The van der Waals surface area contributed by atoms with Crippen molar-refractivity contribution in [3.63, 3.8) is 0 Å². The van der Waals surface area contributed by atoms with E-state index in [0.717, 1.165) is 44.2 Å². The number of benzene rings is 2. The molecule has 0 unspecified atom stereocenters. The van der Waals surface area contributed by atoms with Crippen molar-refractivity contribution in [2.24, 2.45) is 0 Å². The number of hydrogen-bond donors (Lipinski definition) is 1. The first kappa shape index (κ1) is 19.2. The average molecular weight is 398 g/mol. The van der Waals surface area contributed by atoms with Gasteiger partial charge < -0.3 is 14.8 Å². The van der Waals surface area contributed by atoms with Crippen LogP contribution in [-0.2, 0) is 11.3 Å². The molecule has 9 nitrogen and oxygen atoms in total. The van der Waals surface area contributed by atoms with E-state index < -0.39 is 4.92 Å². The quantitative estimate of drug-likeness (QED) is 0.588. The normalized spacial score (nSPS) is 16.6. The molecule has 1 amide bonds. The van der Waals surface area contributed by atoms with Crippen LogP contribution in [0.5, 0.6) is 11.5 Å². The highest BCUT2D eigenvalue weighted by molar-refractivity contribution is 5.92. The highest BCUT2D eigenvalue weighted by Gasteiger charge is 2.20. The minimum atomic E-state index is -0.464. The minimum Gasteiger partial charge on any atom is -0.454 e. The molecule has 2 aromatic rings.